The number of aliphatic hydroxyl groups is 2. The Morgan fingerprint density at radius 1 is 1.43 bits per heavy atom. The van der Waals surface area contributed by atoms with E-state index in [0.717, 1.165) is 11.1 Å². The van der Waals surface area contributed by atoms with E-state index in [4.69, 9.17) is 9.84 Å². The number of aliphatic hydroxyl groups excluding tert-OH is 2. The van der Waals surface area contributed by atoms with Crippen LogP contribution in [0.5, 0.6) is 0 Å². The third-order valence-electron chi connectivity index (χ3n) is 1.94. The van der Waals surface area contributed by atoms with Gasteiger partial charge in [0.05, 0.1) is 25.9 Å². The lowest BCUT2D eigenvalue weighted by molar-refractivity contribution is 0.0814. The zero-order chi connectivity index (χ0) is 10.4. The summed E-state index contributed by atoms with van der Waals surface area (Å²) in [6.07, 6.45) is -0.451. The van der Waals surface area contributed by atoms with E-state index in [9.17, 15) is 5.11 Å². The summed E-state index contributed by atoms with van der Waals surface area (Å²) in [6.45, 7) is 2.59. The molecular formula is C11H16O3. The fourth-order valence-corrected chi connectivity index (χ4v) is 1.20. The Kier molecular flexibility index (Phi) is 4.59. The molecule has 0 radical (unpaired) electrons. The standard InChI is InChI=1S/C11H16O3/c1-9(13)11-4-2-3-10(7-11)8-14-6-5-12/h2-4,7,9,12-13H,5-6,8H2,1H3. The van der Waals surface area contributed by atoms with Crippen molar-refractivity contribution in [1.29, 1.82) is 0 Å². The molecule has 1 rings (SSSR count). The zero-order valence-electron chi connectivity index (χ0n) is 8.31. The van der Waals surface area contributed by atoms with Gasteiger partial charge in [-0.3, -0.25) is 0 Å². The Morgan fingerprint density at radius 2 is 2.21 bits per heavy atom. The van der Waals surface area contributed by atoms with Gasteiger partial charge in [-0.05, 0) is 18.1 Å². The van der Waals surface area contributed by atoms with Crippen molar-refractivity contribution < 1.29 is 14.9 Å². The van der Waals surface area contributed by atoms with Gasteiger partial charge in [0.25, 0.3) is 0 Å². The Hall–Kier alpha value is -0.900. The largest absolute Gasteiger partial charge is 0.394 e. The SMILES string of the molecule is CC(O)c1cccc(COCCO)c1. The van der Waals surface area contributed by atoms with Crippen molar-refractivity contribution in [3.63, 3.8) is 0 Å². The first-order valence-electron chi connectivity index (χ1n) is 4.69. The van der Waals surface area contributed by atoms with Crippen LogP contribution >= 0.6 is 0 Å². The van der Waals surface area contributed by atoms with Gasteiger partial charge < -0.3 is 14.9 Å². The van der Waals surface area contributed by atoms with Crippen molar-refractivity contribution in [1.82, 2.24) is 0 Å². The van der Waals surface area contributed by atoms with Crippen molar-refractivity contribution >= 4 is 0 Å². The number of benzene rings is 1. The van der Waals surface area contributed by atoms with Gasteiger partial charge in [0.15, 0.2) is 0 Å². The fourth-order valence-electron chi connectivity index (χ4n) is 1.20. The molecule has 0 aliphatic carbocycles. The second kappa shape index (κ2) is 5.75. The summed E-state index contributed by atoms with van der Waals surface area (Å²) in [6, 6.07) is 7.60. The molecule has 0 heterocycles. The topological polar surface area (TPSA) is 49.7 Å². The summed E-state index contributed by atoms with van der Waals surface area (Å²) in [7, 11) is 0. The minimum absolute atomic E-state index is 0.0378. The Balaban J connectivity index is 2.55. The van der Waals surface area contributed by atoms with E-state index in [1.165, 1.54) is 0 Å². The highest BCUT2D eigenvalue weighted by Gasteiger charge is 2.01. The summed E-state index contributed by atoms with van der Waals surface area (Å²) in [5.74, 6) is 0. The van der Waals surface area contributed by atoms with Crippen LogP contribution in [0.1, 0.15) is 24.2 Å². The molecule has 0 spiro atoms. The number of ether oxygens (including phenoxy) is 1. The maximum Gasteiger partial charge on any atom is 0.0762 e. The van der Waals surface area contributed by atoms with Crippen molar-refractivity contribution in [3.8, 4) is 0 Å². The minimum atomic E-state index is -0.451. The van der Waals surface area contributed by atoms with Crippen LogP contribution in [0.2, 0.25) is 0 Å². The first kappa shape index (κ1) is 11.2. The van der Waals surface area contributed by atoms with E-state index in [1.54, 1.807) is 6.92 Å². The molecule has 0 aromatic heterocycles. The molecule has 0 fully saturated rings. The summed E-state index contributed by atoms with van der Waals surface area (Å²) in [4.78, 5) is 0. The predicted molar refractivity (Wildman–Crippen MR) is 53.8 cm³/mol. The van der Waals surface area contributed by atoms with Crippen LogP contribution in [0.15, 0.2) is 24.3 Å². The highest BCUT2D eigenvalue weighted by Crippen LogP contribution is 2.14. The van der Waals surface area contributed by atoms with Crippen LogP contribution in [0.4, 0.5) is 0 Å². The van der Waals surface area contributed by atoms with E-state index >= 15 is 0 Å². The molecule has 78 valence electrons. The van der Waals surface area contributed by atoms with Gasteiger partial charge in [0.2, 0.25) is 0 Å². The summed E-state index contributed by atoms with van der Waals surface area (Å²) < 4.78 is 5.17. The van der Waals surface area contributed by atoms with Crippen molar-refractivity contribution in [2.45, 2.75) is 19.6 Å². The van der Waals surface area contributed by atoms with E-state index in [0.29, 0.717) is 13.2 Å². The van der Waals surface area contributed by atoms with Gasteiger partial charge in [-0.2, -0.15) is 0 Å². The second-order valence-electron chi connectivity index (χ2n) is 3.20. The van der Waals surface area contributed by atoms with Crippen molar-refractivity contribution in [3.05, 3.63) is 35.4 Å². The van der Waals surface area contributed by atoms with E-state index < -0.39 is 6.10 Å². The average Bonchev–Trinajstić information content (AvgIpc) is 2.19. The smallest absolute Gasteiger partial charge is 0.0762 e. The molecule has 1 unspecified atom stereocenters. The fraction of sp³-hybridized carbons (Fsp3) is 0.455. The molecule has 14 heavy (non-hydrogen) atoms. The molecule has 0 bridgehead atoms. The van der Waals surface area contributed by atoms with Crippen molar-refractivity contribution in [2.24, 2.45) is 0 Å². The van der Waals surface area contributed by atoms with Crippen LogP contribution in [0, 0.1) is 0 Å². The third-order valence-corrected chi connectivity index (χ3v) is 1.94. The van der Waals surface area contributed by atoms with Gasteiger partial charge in [-0.15, -0.1) is 0 Å². The van der Waals surface area contributed by atoms with Gasteiger partial charge >= 0.3 is 0 Å². The molecule has 0 aliphatic heterocycles. The zero-order valence-corrected chi connectivity index (χ0v) is 8.31. The number of hydrogen-bond acceptors (Lipinski definition) is 3. The number of hydrogen-bond donors (Lipinski definition) is 2. The summed E-state index contributed by atoms with van der Waals surface area (Å²) in [5.41, 5.74) is 1.90. The Labute approximate surface area is 84.0 Å². The molecule has 1 aromatic carbocycles. The lowest BCUT2D eigenvalue weighted by atomic mass is 10.1. The van der Waals surface area contributed by atoms with Crippen LogP contribution in [-0.2, 0) is 11.3 Å². The third kappa shape index (κ3) is 3.46. The maximum absolute atomic E-state index is 9.34. The molecular weight excluding hydrogens is 180 g/mol. The molecule has 1 aromatic rings. The normalized spacial score (nSPS) is 12.8. The van der Waals surface area contributed by atoms with Gasteiger partial charge in [0, 0.05) is 0 Å². The van der Waals surface area contributed by atoms with Crippen LogP contribution in [0.25, 0.3) is 0 Å². The highest BCUT2D eigenvalue weighted by atomic mass is 16.5. The molecule has 3 nitrogen and oxygen atoms in total. The summed E-state index contributed by atoms with van der Waals surface area (Å²) in [5, 5.41) is 17.9. The van der Waals surface area contributed by atoms with Gasteiger partial charge in [-0.1, -0.05) is 24.3 Å². The predicted octanol–water partition coefficient (Wildman–Crippen LogP) is 1.25. The van der Waals surface area contributed by atoms with Crippen LogP contribution < -0.4 is 0 Å². The lowest BCUT2D eigenvalue weighted by Gasteiger charge is -2.07. The minimum Gasteiger partial charge on any atom is -0.394 e. The Bertz CT molecular complexity index is 271. The summed E-state index contributed by atoms with van der Waals surface area (Å²) >= 11 is 0. The van der Waals surface area contributed by atoms with Crippen molar-refractivity contribution in [2.75, 3.05) is 13.2 Å². The first-order valence-corrected chi connectivity index (χ1v) is 4.69. The van der Waals surface area contributed by atoms with Crippen LogP contribution in [0.3, 0.4) is 0 Å². The van der Waals surface area contributed by atoms with E-state index in [1.807, 2.05) is 24.3 Å². The van der Waals surface area contributed by atoms with Crippen LogP contribution in [-0.4, -0.2) is 23.4 Å². The Morgan fingerprint density at radius 3 is 2.86 bits per heavy atom. The molecule has 0 saturated carbocycles. The lowest BCUT2D eigenvalue weighted by Crippen LogP contribution is -2.00. The monoisotopic (exact) mass is 196 g/mol. The maximum atomic E-state index is 9.34. The molecule has 0 amide bonds. The molecule has 1 atom stereocenters. The first-order chi connectivity index (χ1) is 6.74. The van der Waals surface area contributed by atoms with E-state index in [2.05, 4.69) is 0 Å². The quantitative estimate of drug-likeness (QED) is 0.697. The molecule has 3 heteroatoms. The molecule has 0 saturated heterocycles. The van der Waals surface area contributed by atoms with E-state index in [-0.39, 0.29) is 6.61 Å². The molecule has 0 aliphatic rings. The average molecular weight is 196 g/mol. The van der Waals surface area contributed by atoms with Gasteiger partial charge in [0.1, 0.15) is 0 Å². The molecule has 2 N–H and O–H groups in total. The second-order valence-corrected chi connectivity index (χ2v) is 3.20. The highest BCUT2D eigenvalue weighted by molar-refractivity contribution is 5.24. The number of rotatable bonds is 5. The van der Waals surface area contributed by atoms with Gasteiger partial charge in [-0.25, -0.2) is 0 Å².